The van der Waals surface area contributed by atoms with Crippen LogP contribution in [-0.2, 0) is 16.6 Å². The second kappa shape index (κ2) is 7.16. The summed E-state index contributed by atoms with van der Waals surface area (Å²) in [5, 5.41) is 6.87. The van der Waals surface area contributed by atoms with Crippen molar-refractivity contribution in [1.29, 1.82) is 0 Å². The Morgan fingerprint density at radius 3 is 2.68 bits per heavy atom. The summed E-state index contributed by atoms with van der Waals surface area (Å²) >= 11 is 0. The highest BCUT2D eigenvalue weighted by molar-refractivity contribution is 6.01. The Bertz CT molecular complexity index is 1030. The van der Waals surface area contributed by atoms with E-state index in [1.54, 1.807) is 0 Å². The predicted molar refractivity (Wildman–Crippen MR) is 122 cm³/mol. The van der Waals surface area contributed by atoms with Crippen molar-refractivity contribution >= 4 is 17.3 Å². The van der Waals surface area contributed by atoms with E-state index in [-0.39, 0.29) is 18.1 Å². The average molecular weight is 422 g/mol. The lowest BCUT2D eigenvalue weighted by Crippen LogP contribution is -2.42. The van der Waals surface area contributed by atoms with E-state index >= 15 is 0 Å². The van der Waals surface area contributed by atoms with Crippen molar-refractivity contribution in [2.75, 3.05) is 38.1 Å². The van der Waals surface area contributed by atoms with Gasteiger partial charge in [-0.3, -0.25) is 4.79 Å². The first-order valence-corrected chi connectivity index (χ1v) is 11.0. The molecule has 1 atom stereocenters. The third-order valence-electron chi connectivity index (χ3n) is 6.89. The Morgan fingerprint density at radius 1 is 1.16 bits per heavy atom. The fourth-order valence-corrected chi connectivity index (χ4v) is 5.05. The zero-order chi connectivity index (χ0) is 21.8. The van der Waals surface area contributed by atoms with Crippen LogP contribution >= 0.6 is 0 Å². The van der Waals surface area contributed by atoms with Gasteiger partial charge >= 0.3 is 0 Å². The van der Waals surface area contributed by atoms with Crippen LogP contribution in [-0.4, -0.2) is 44.3 Å². The summed E-state index contributed by atoms with van der Waals surface area (Å²) < 4.78 is 10.9. The minimum absolute atomic E-state index is 0.0572. The van der Waals surface area contributed by atoms with E-state index in [1.807, 2.05) is 24.3 Å². The van der Waals surface area contributed by atoms with Crippen molar-refractivity contribution in [2.24, 2.45) is 5.41 Å². The number of amides is 1. The molecule has 0 unspecified atom stereocenters. The molecule has 0 aromatic heterocycles. The molecule has 1 fully saturated rings. The van der Waals surface area contributed by atoms with Crippen LogP contribution in [0.15, 0.2) is 36.4 Å². The fraction of sp³-hybridized carbons (Fsp3) is 0.480. The Kier molecular flexibility index (Phi) is 4.66. The normalized spacial score (nSPS) is 20.4. The average Bonchev–Trinajstić information content (AvgIpc) is 3.19. The maximum Gasteiger partial charge on any atom is 0.235 e. The van der Waals surface area contributed by atoms with Gasteiger partial charge in [-0.25, -0.2) is 0 Å². The van der Waals surface area contributed by atoms with E-state index < -0.39 is 5.41 Å². The van der Waals surface area contributed by atoms with E-state index in [0.717, 1.165) is 48.6 Å². The molecule has 0 spiro atoms. The molecule has 2 aromatic carbocycles. The largest absolute Gasteiger partial charge is 0.454 e. The van der Waals surface area contributed by atoms with Gasteiger partial charge in [-0.15, -0.1) is 0 Å². The van der Waals surface area contributed by atoms with Crippen LogP contribution in [0.25, 0.3) is 0 Å². The molecule has 2 heterocycles. The van der Waals surface area contributed by atoms with Crippen LogP contribution in [0.4, 0.5) is 11.4 Å². The fourth-order valence-electron chi connectivity index (χ4n) is 5.05. The molecule has 5 rings (SSSR count). The van der Waals surface area contributed by atoms with E-state index in [2.05, 4.69) is 55.6 Å². The van der Waals surface area contributed by atoms with Gasteiger partial charge in [0.2, 0.25) is 12.7 Å². The van der Waals surface area contributed by atoms with Gasteiger partial charge in [-0.2, -0.15) is 0 Å². The molecule has 0 bridgehead atoms. The van der Waals surface area contributed by atoms with E-state index in [4.69, 9.17) is 9.47 Å². The highest BCUT2D eigenvalue weighted by atomic mass is 16.7. The van der Waals surface area contributed by atoms with Crippen molar-refractivity contribution in [2.45, 2.75) is 44.6 Å². The summed E-state index contributed by atoms with van der Waals surface area (Å²) in [6.07, 6.45) is 2.67. The second-order valence-corrected chi connectivity index (χ2v) is 10.1. The maximum absolute atomic E-state index is 13.2. The summed E-state index contributed by atoms with van der Waals surface area (Å²) in [6.45, 7) is 5.87. The third-order valence-corrected chi connectivity index (χ3v) is 6.89. The summed E-state index contributed by atoms with van der Waals surface area (Å²) in [5.41, 5.74) is 3.98. The van der Waals surface area contributed by atoms with Gasteiger partial charge in [0, 0.05) is 24.0 Å². The minimum atomic E-state index is -0.464. The number of anilines is 2. The lowest BCUT2D eigenvalue weighted by atomic mass is 9.82. The van der Waals surface area contributed by atoms with E-state index in [0.29, 0.717) is 6.04 Å². The van der Waals surface area contributed by atoms with Gasteiger partial charge in [-0.05, 0) is 80.2 Å². The molecule has 1 amide bonds. The van der Waals surface area contributed by atoms with Crippen molar-refractivity contribution in [3.63, 3.8) is 0 Å². The van der Waals surface area contributed by atoms with Crippen LogP contribution in [0.1, 0.15) is 37.8 Å². The highest BCUT2D eigenvalue weighted by Crippen LogP contribution is 2.51. The van der Waals surface area contributed by atoms with Gasteiger partial charge in [-0.1, -0.05) is 19.9 Å². The quantitative estimate of drug-likeness (QED) is 0.738. The van der Waals surface area contributed by atoms with Crippen molar-refractivity contribution in [1.82, 2.24) is 4.90 Å². The van der Waals surface area contributed by atoms with Crippen LogP contribution in [0.3, 0.4) is 0 Å². The topological polar surface area (TPSA) is 62.8 Å². The monoisotopic (exact) mass is 421 g/mol. The first-order chi connectivity index (χ1) is 14.8. The van der Waals surface area contributed by atoms with E-state index in [9.17, 15) is 4.79 Å². The molecule has 1 saturated carbocycles. The molecule has 2 aliphatic heterocycles. The lowest BCUT2D eigenvalue weighted by molar-refractivity contribution is -0.118. The highest BCUT2D eigenvalue weighted by Gasteiger charge is 2.51. The number of fused-ring (bicyclic) bond motifs is 2. The van der Waals surface area contributed by atoms with Gasteiger partial charge < -0.3 is 25.0 Å². The molecule has 6 nitrogen and oxygen atoms in total. The molecule has 2 N–H and O–H groups in total. The molecule has 1 aliphatic carbocycles. The Balaban J connectivity index is 1.30. The van der Waals surface area contributed by atoms with Gasteiger partial charge in [0.1, 0.15) is 0 Å². The maximum atomic E-state index is 13.2. The number of nitrogens with zero attached hydrogens (tertiary/aromatic N) is 1. The number of nitrogens with one attached hydrogen (secondary N) is 2. The molecular formula is C25H31N3O3. The molecule has 0 saturated heterocycles. The number of benzene rings is 2. The summed E-state index contributed by atoms with van der Waals surface area (Å²) in [7, 11) is 4.23. The third kappa shape index (κ3) is 3.63. The zero-order valence-corrected chi connectivity index (χ0v) is 18.7. The predicted octanol–water partition coefficient (Wildman–Crippen LogP) is 4.01. The van der Waals surface area contributed by atoms with Crippen molar-refractivity contribution < 1.29 is 14.3 Å². The summed E-state index contributed by atoms with van der Waals surface area (Å²) in [6, 6.07) is 12.4. The minimum Gasteiger partial charge on any atom is -0.454 e. The number of carbonyl (C=O) groups is 1. The molecule has 164 valence electrons. The van der Waals surface area contributed by atoms with Crippen LogP contribution in [0, 0.1) is 5.41 Å². The zero-order valence-electron chi connectivity index (χ0n) is 18.7. The summed E-state index contributed by atoms with van der Waals surface area (Å²) in [4.78, 5) is 15.5. The smallest absolute Gasteiger partial charge is 0.235 e. The second-order valence-electron chi connectivity index (χ2n) is 10.1. The first kappa shape index (κ1) is 20.2. The number of ether oxygens (including phenoxy) is 2. The van der Waals surface area contributed by atoms with Crippen LogP contribution < -0.4 is 20.1 Å². The number of hydrogen-bond donors (Lipinski definition) is 2. The van der Waals surface area contributed by atoms with E-state index in [1.165, 1.54) is 11.3 Å². The molecule has 6 heteroatoms. The molecular weight excluding hydrogens is 390 g/mol. The molecule has 3 aliphatic rings. The number of rotatable bonds is 6. The summed E-state index contributed by atoms with van der Waals surface area (Å²) in [5.74, 6) is 1.53. The Labute approximate surface area is 183 Å². The molecule has 0 radical (unpaired) electrons. The molecule has 2 aromatic rings. The number of hydrogen-bond acceptors (Lipinski definition) is 5. The van der Waals surface area contributed by atoms with Gasteiger partial charge in [0.15, 0.2) is 11.5 Å². The van der Waals surface area contributed by atoms with Gasteiger partial charge in [0.25, 0.3) is 0 Å². The van der Waals surface area contributed by atoms with Crippen molar-refractivity contribution in [3.05, 3.63) is 47.5 Å². The Morgan fingerprint density at radius 2 is 1.94 bits per heavy atom. The SMILES string of the molecule is CN(C)CC(C)(C)[C@@H]1Cc2cc(NC(=O)C3(c4ccc5c(c4)OCO5)CC3)ccc2N1. The Hall–Kier alpha value is -2.73. The lowest BCUT2D eigenvalue weighted by Gasteiger charge is -2.34. The van der Waals surface area contributed by atoms with Crippen molar-refractivity contribution in [3.8, 4) is 11.5 Å². The van der Waals surface area contributed by atoms with Gasteiger partial charge in [0.05, 0.1) is 5.41 Å². The first-order valence-electron chi connectivity index (χ1n) is 11.0. The van der Waals surface area contributed by atoms with Crippen LogP contribution in [0.2, 0.25) is 0 Å². The van der Waals surface area contributed by atoms with Crippen LogP contribution in [0.5, 0.6) is 11.5 Å². The molecule has 31 heavy (non-hydrogen) atoms. The standard InChI is InChI=1S/C25H31N3O3/c1-24(2,14-28(3)4)22-12-16-11-18(6-7-19(16)27-22)26-23(29)25(9-10-25)17-5-8-20-21(13-17)31-15-30-20/h5-8,11,13,22,27H,9-10,12,14-15H2,1-4H3,(H,26,29)/t22-/m0/s1. The number of carbonyl (C=O) groups excluding carboxylic acids is 1.